The zero-order valence-corrected chi connectivity index (χ0v) is 18.5. The fourth-order valence-electron chi connectivity index (χ4n) is 3.01. The highest BCUT2D eigenvalue weighted by Crippen LogP contribution is 2.12. The Bertz CT molecular complexity index is 792. The molecule has 0 heterocycles. The number of hydrogen-bond donors (Lipinski definition) is 7. The van der Waals surface area contributed by atoms with Crippen LogP contribution in [0.2, 0.25) is 0 Å². The fraction of sp³-hybridized carbons (Fsp3) is 0.524. The SMILES string of the molecule is CC(C)CC(N)C(=O)NC(CCCN=C(N)N)C(=O)NC(Cc1ccc(O)cc1)C(=O)O. The highest BCUT2D eigenvalue weighted by atomic mass is 16.4. The van der Waals surface area contributed by atoms with Gasteiger partial charge in [0.05, 0.1) is 6.04 Å². The largest absolute Gasteiger partial charge is 0.508 e. The van der Waals surface area contributed by atoms with E-state index in [0.29, 0.717) is 18.4 Å². The lowest BCUT2D eigenvalue weighted by atomic mass is 10.0. The summed E-state index contributed by atoms with van der Waals surface area (Å²) in [7, 11) is 0. The first kappa shape index (κ1) is 26.7. The number of rotatable bonds is 13. The van der Waals surface area contributed by atoms with Gasteiger partial charge in [0.2, 0.25) is 11.8 Å². The molecule has 0 aliphatic heterocycles. The Kier molecular flexibility index (Phi) is 11.0. The number of benzene rings is 1. The molecule has 0 spiro atoms. The van der Waals surface area contributed by atoms with E-state index in [9.17, 15) is 24.6 Å². The minimum Gasteiger partial charge on any atom is -0.508 e. The van der Waals surface area contributed by atoms with Crippen molar-refractivity contribution in [2.45, 2.75) is 57.7 Å². The molecular formula is C21H34N6O5. The number of carbonyl (C=O) groups excluding carboxylic acids is 2. The van der Waals surface area contributed by atoms with E-state index < -0.39 is 35.9 Å². The first-order valence-electron chi connectivity index (χ1n) is 10.4. The maximum absolute atomic E-state index is 12.9. The molecule has 0 aliphatic rings. The predicted octanol–water partition coefficient (Wildman–Crippen LogP) is -0.584. The zero-order valence-electron chi connectivity index (χ0n) is 18.5. The van der Waals surface area contributed by atoms with Gasteiger partial charge in [-0.2, -0.15) is 0 Å². The molecule has 3 unspecified atom stereocenters. The van der Waals surface area contributed by atoms with Gasteiger partial charge in [0.15, 0.2) is 5.96 Å². The summed E-state index contributed by atoms with van der Waals surface area (Å²) in [6, 6.07) is 2.96. The Morgan fingerprint density at radius 1 is 1.03 bits per heavy atom. The topological polar surface area (TPSA) is 206 Å². The zero-order chi connectivity index (χ0) is 24.3. The molecule has 1 aromatic carbocycles. The van der Waals surface area contributed by atoms with Crippen LogP contribution >= 0.6 is 0 Å². The maximum atomic E-state index is 12.9. The quantitative estimate of drug-likeness (QED) is 0.117. The van der Waals surface area contributed by atoms with E-state index in [0.717, 1.165) is 0 Å². The fourth-order valence-corrected chi connectivity index (χ4v) is 3.01. The van der Waals surface area contributed by atoms with E-state index in [1.807, 2.05) is 13.8 Å². The summed E-state index contributed by atoms with van der Waals surface area (Å²) in [5.74, 6) is -2.23. The van der Waals surface area contributed by atoms with Crippen molar-refractivity contribution in [3.63, 3.8) is 0 Å². The summed E-state index contributed by atoms with van der Waals surface area (Å²) in [6.07, 6.45) is 1.01. The van der Waals surface area contributed by atoms with Gasteiger partial charge < -0.3 is 38.0 Å². The number of aliphatic carboxylic acids is 1. The maximum Gasteiger partial charge on any atom is 0.326 e. The molecule has 0 saturated heterocycles. The van der Waals surface area contributed by atoms with Gasteiger partial charge in [-0.3, -0.25) is 14.6 Å². The second-order valence-electron chi connectivity index (χ2n) is 8.02. The summed E-state index contributed by atoms with van der Waals surface area (Å²) in [4.78, 5) is 40.9. The minimum atomic E-state index is -1.23. The summed E-state index contributed by atoms with van der Waals surface area (Å²) >= 11 is 0. The van der Waals surface area contributed by atoms with Gasteiger partial charge in [-0.25, -0.2) is 4.79 Å². The molecule has 0 aromatic heterocycles. The molecule has 0 radical (unpaired) electrons. The molecular weight excluding hydrogens is 416 g/mol. The normalized spacial score (nSPS) is 13.6. The van der Waals surface area contributed by atoms with Crippen LogP contribution < -0.4 is 27.8 Å². The molecule has 1 rings (SSSR count). The Morgan fingerprint density at radius 3 is 2.16 bits per heavy atom. The lowest BCUT2D eigenvalue weighted by Crippen LogP contribution is -2.55. The lowest BCUT2D eigenvalue weighted by molar-refractivity contribution is -0.142. The van der Waals surface area contributed by atoms with Gasteiger partial charge >= 0.3 is 5.97 Å². The Hall–Kier alpha value is -3.34. The number of hydrogen-bond acceptors (Lipinski definition) is 6. The molecule has 11 nitrogen and oxygen atoms in total. The van der Waals surface area contributed by atoms with Crippen molar-refractivity contribution >= 4 is 23.7 Å². The number of nitrogens with two attached hydrogens (primary N) is 3. The third kappa shape index (κ3) is 10.1. The molecule has 11 heteroatoms. The summed E-state index contributed by atoms with van der Waals surface area (Å²) < 4.78 is 0. The van der Waals surface area contributed by atoms with Crippen LogP contribution in [-0.4, -0.2) is 58.6 Å². The minimum absolute atomic E-state index is 0.00286. The molecule has 178 valence electrons. The van der Waals surface area contributed by atoms with Crippen molar-refractivity contribution in [2.24, 2.45) is 28.1 Å². The Balaban J connectivity index is 2.89. The number of guanidine groups is 1. The van der Waals surface area contributed by atoms with Crippen molar-refractivity contribution < 1.29 is 24.6 Å². The van der Waals surface area contributed by atoms with Crippen LogP contribution in [0.25, 0.3) is 0 Å². The number of amides is 2. The third-order valence-electron chi connectivity index (χ3n) is 4.63. The van der Waals surface area contributed by atoms with E-state index in [1.165, 1.54) is 12.1 Å². The third-order valence-corrected chi connectivity index (χ3v) is 4.63. The van der Waals surface area contributed by atoms with Crippen molar-refractivity contribution in [3.05, 3.63) is 29.8 Å². The van der Waals surface area contributed by atoms with Crippen LogP contribution in [-0.2, 0) is 20.8 Å². The smallest absolute Gasteiger partial charge is 0.326 e. The monoisotopic (exact) mass is 450 g/mol. The molecule has 0 fully saturated rings. The Labute approximate surface area is 187 Å². The molecule has 1 aromatic rings. The van der Waals surface area contributed by atoms with Gasteiger partial charge in [0, 0.05) is 13.0 Å². The summed E-state index contributed by atoms with van der Waals surface area (Å²) in [6.45, 7) is 4.09. The van der Waals surface area contributed by atoms with E-state index in [4.69, 9.17) is 17.2 Å². The Morgan fingerprint density at radius 2 is 1.62 bits per heavy atom. The highest BCUT2D eigenvalue weighted by molar-refractivity contribution is 5.91. The van der Waals surface area contributed by atoms with Crippen LogP contribution in [0.4, 0.5) is 0 Å². The van der Waals surface area contributed by atoms with Gasteiger partial charge in [0.1, 0.15) is 17.8 Å². The van der Waals surface area contributed by atoms with Gasteiger partial charge in [-0.05, 0) is 42.9 Å². The van der Waals surface area contributed by atoms with Crippen molar-refractivity contribution in [1.82, 2.24) is 10.6 Å². The van der Waals surface area contributed by atoms with Crippen LogP contribution in [0.5, 0.6) is 5.75 Å². The molecule has 0 saturated carbocycles. The molecule has 2 amide bonds. The van der Waals surface area contributed by atoms with Crippen LogP contribution in [0.1, 0.15) is 38.7 Å². The van der Waals surface area contributed by atoms with Crippen molar-refractivity contribution in [2.75, 3.05) is 6.54 Å². The first-order chi connectivity index (χ1) is 15.0. The average Bonchev–Trinajstić information content (AvgIpc) is 2.70. The number of nitrogens with zero attached hydrogens (tertiary/aromatic N) is 1. The number of phenols is 1. The number of carbonyl (C=O) groups is 3. The van der Waals surface area contributed by atoms with E-state index in [-0.39, 0.29) is 37.0 Å². The van der Waals surface area contributed by atoms with Gasteiger partial charge in [-0.1, -0.05) is 26.0 Å². The summed E-state index contributed by atoms with van der Waals surface area (Å²) in [5, 5.41) is 24.0. The molecule has 10 N–H and O–H groups in total. The number of phenolic OH excluding ortho intramolecular Hbond substituents is 1. The first-order valence-corrected chi connectivity index (χ1v) is 10.4. The number of aromatic hydroxyl groups is 1. The molecule has 3 atom stereocenters. The summed E-state index contributed by atoms with van der Waals surface area (Å²) in [5.41, 5.74) is 17.1. The van der Waals surface area contributed by atoms with Crippen molar-refractivity contribution in [3.8, 4) is 5.75 Å². The number of carboxylic acids is 1. The number of aliphatic imine (C=N–C) groups is 1. The predicted molar refractivity (Wildman–Crippen MR) is 121 cm³/mol. The van der Waals surface area contributed by atoms with Gasteiger partial charge in [-0.15, -0.1) is 0 Å². The number of nitrogens with one attached hydrogen (secondary N) is 2. The van der Waals surface area contributed by atoms with Gasteiger partial charge in [0.25, 0.3) is 0 Å². The second kappa shape index (κ2) is 13.2. The molecule has 0 bridgehead atoms. The van der Waals surface area contributed by atoms with E-state index in [2.05, 4.69) is 15.6 Å². The van der Waals surface area contributed by atoms with Crippen LogP contribution in [0.15, 0.2) is 29.3 Å². The van der Waals surface area contributed by atoms with E-state index in [1.54, 1.807) is 12.1 Å². The number of carboxylic acid groups (broad SMARTS) is 1. The average molecular weight is 451 g/mol. The molecule has 32 heavy (non-hydrogen) atoms. The molecule has 0 aliphatic carbocycles. The second-order valence-corrected chi connectivity index (χ2v) is 8.02. The van der Waals surface area contributed by atoms with Crippen molar-refractivity contribution in [1.29, 1.82) is 0 Å². The van der Waals surface area contributed by atoms with E-state index >= 15 is 0 Å². The van der Waals surface area contributed by atoms with Crippen LogP contribution in [0, 0.1) is 5.92 Å². The highest BCUT2D eigenvalue weighted by Gasteiger charge is 2.28. The lowest BCUT2D eigenvalue weighted by Gasteiger charge is -2.23. The standard InChI is InChI=1S/C21H34N6O5/c1-12(2)10-15(22)18(29)26-16(4-3-9-25-21(23)24)19(30)27-17(20(31)32)11-13-5-7-14(28)8-6-13/h5-8,12,15-17,28H,3-4,9-11,22H2,1-2H3,(H,26,29)(H,27,30)(H,31,32)(H4,23,24,25). The van der Waals surface area contributed by atoms with Crippen LogP contribution in [0.3, 0.4) is 0 Å².